The van der Waals surface area contributed by atoms with Crippen molar-refractivity contribution in [1.82, 2.24) is 4.57 Å². The van der Waals surface area contributed by atoms with E-state index in [0.717, 1.165) is 17.0 Å². The zero-order valence-corrected chi connectivity index (χ0v) is 17.3. The number of esters is 1. The predicted molar refractivity (Wildman–Crippen MR) is 108 cm³/mol. The second-order valence-corrected chi connectivity index (χ2v) is 7.46. The lowest BCUT2D eigenvalue weighted by Gasteiger charge is -2.23. The van der Waals surface area contributed by atoms with E-state index in [-0.39, 0.29) is 18.4 Å². The molecule has 0 saturated heterocycles. The SMILES string of the molecule is COC(=O)CCc1c(-c2ccccc2Cl)c(C(N)=O)c(C)n1C(C)C(C)C. The molecular formula is C21H27ClN2O3. The van der Waals surface area contributed by atoms with Gasteiger partial charge in [0.2, 0.25) is 0 Å². The Morgan fingerprint density at radius 1 is 1.22 bits per heavy atom. The van der Waals surface area contributed by atoms with Gasteiger partial charge in [-0.1, -0.05) is 43.6 Å². The number of hydrogen-bond acceptors (Lipinski definition) is 3. The Morgan fingerprint density at radius 2 is 1.85 bits per heavy atom. The van der Waals surface area contributed by atoms with Crippen LogP contribution in [0.2, 0.25) is 5.02 Å². The van der Waals surface area contributed by atoms with Gasteiger partial charge in [0.15, 0.2) is 0 Å². The second kappa shape index (κ2) is 8.61. The van der Waals surface area contributed by atoms with E-state index in [9.17, 15) is 9.59 Å². The van der Waals surface area contributed by atoms with E-state index in [1.807, 2.05) is 25.1 Å². The van der Waals surface area contributed by atoms with E-state index < -0.39 is 5.91 Å². The van der Waals surface area contributed by atoms with Gasteiger partial charge < -0.3 is 15.0 Å². The first-order chi connectivity index (χ1) is 12.7. The molecule has 146 valence electrons. The molecule has 27 heavy (non-hydrogen) atoms. The van der Waals surface area contributed by atoms with E-state index in [0.29, 0.717) is 28.5 Å². The Hall–Kier alpha value is -2.27. The van der Waals surface area contributed by atoms with Crippen molar-refractivity contribution in [2.24, 2.45) is 11.7 Å². The number of rotatable bonds is 7. The van der Waals surface area contributed by atoms with Crippen molar-refractivity contribution in [3.8, 4) is 11.1 Å². The fourth-order valence-corrected chi connectivity index (χ4v) is 3.67. The summed E-state index contributed by atoms with van der Waals surface area (Å²) in [6, 6.07) is 7.48. The van der Waals surface area contributed by atoms with E-state index >= 15 is 0 Å². The van der Waals surface area contributed by atoms with Crippen molar-refractivity contribution in [1.29, 1.82) is 0 Å². The monoisotopic (exact) mass is 390 g/mol. The Labute approximate surface area is 165 Å². The number of methoxy groups -OCH3 is 1. The first kappa shape index (κ1) is 21.0. The standard InChI is InChI=1S/C21H27ClN2O3/c1-12(2)13(3)24-14(4)19(21(23)26)20(15-8-6-7-9-16(15)22)17(24)10-11-18(25)27-5/h6-9,12-13H,10-11H2,1-5H3,(H2,23,26). The number of nitrogens with two attached hydrogens (primary N) is 1. The van der Waals surface area contributed by atoms with Gasteiger partial charge in [-0.15, -0.1) is 0 Å². The van der Waals surface area contributed by atoms with Gasteiger partial charge in [0, 0.05) is 33.6 Å². The van der Waals surface area contributed by atoms with E-state index in [1.54, 1.807) is 6.07 Å². The molecule has 0 aliphatic carbocycles. The molecule has 0 saturated carbocycles. The smallest absolute Gasteiger partial charge is 0.305 e. The molecule has 2 rings (SSSR count). The fourth-order valence-electron chi connectivity index (χ4n) is 3.44. The van der Waals surface area contributed by atoms with Gasteiger partial charge >= 0.3 is 5.97 Å². The number of halogens is 1. The van der Waals surface area contributed by atoms with Crippen LogP contribution in [0, 0.1) is 12.8 Å². The van der Waals surface area contributed by atoms with Gasteiger partial charge in [0.25, 0.3) is 5.91 Å². The maximum absolute atomic E-state index is 12.4. The van der Waals surface area contributed by atoms with Crippen LogP contribution >= 0.6 is 11.6 Å². The van der Waals surface area contributed by atoms with Crippen molar-refractivity contribution in [2.75, 3.05) is 7.11 Å². The van der Waals surface area contributed by atoms with Gasteiger partial charge in [-0.3, -0.25) is 9.59 Å². The third-order valence-corrected chi connectivity index (χ3v) is 5.44. The molecule has 1 unspecified atom stereocenters. The highest BCUT2D eigenvalue weighted by molar-refractivity contribution is 6.33. The molecule has 2 N–H and O–H groups in total. The molecule has 1 amide bonds. The number of amides is 1. The molecule has 0 radical (unpaired) electrons. The number of primary amides is 1. The van der Waals surface area contributed by atoms with Crippen molar-refractivity contribution < 1.29 is 14.3 Å². The van der Waals surface area contributed by atoms with Crippen molar-refractivity contribution >= 4 is 23.5 Å². The molecule has 0 aliphatic heterocycles. The summed E-state index contributed by atoms with van der Waals surface area (Å²) >= 11 is 6.45. The van der Waals surface area contributed by atoms with Gasteiger partial charge in [0.1, 0.15) is 0 Å². The molecule has 0 aliphatic rings. The molecule has 1 heterocycles. The van der Waals surface area contributed by atoms with Crippen LogP contribution in [-0.2, 0) is 16.0 Å². The molecule has 0 bridgehead atoms. The molecule has 1 atom stereocenters. The number of aromatic nitrogens is 1. The van der Waals surface area contributed by atoms with Crippen LogP contribution in [0.25, 0.3) is 11.1 Å². The van der Waals surface area contributed by atoms with Gasteiger partial charge in [0.05, 0.1) is 19.1 Å². The van der Waals surface area contributed by atoms with Crippen molar-refractivity contribution in [2.45, 2.75) is 46.6 Å². The minimum Gasteiger partial charge on any atom is -0.469 e. The molecular weight excluding hydrogens is 364 g/mol. The molecule has 0 spiro atoms. The Kier molecular flexibility index (Phi) is 6.71. The van der Waals surface area contributed by atoms with Crippen LogP contribution in [0.3, 0.4) is 0 Å². The summed E-state index contributed by atoms with van der Waals surface area (Å²) in [4.78, 5) is 24.1. The third-order valence-electron chi connectivity index (χ3n) is 5.11. The molecule has 0 fully saturated rings. The summed E-state index contributed by atoms with van der Waals surface area (Å²) in [5.74, 6) is -0.479. The predicted octanol–water partition coefficient (Wildman–Crippen LogP) is 4.54. The second-order valence-electron chi connectivity index (χ2n) is 7.06. The van der Waals surface area contributed by atoms with E-state index in [1.165, 1.54) is 7.11 Å². The van der Waals surface area contributed by atoms with Gasteiger partial charge in [-0.05, 0) is 32.3 Å². The van der Waals surface area contributed by atoms with Gasteiger partial charge in [-0.2, -0.15) is 0 Å². The maximum atomic E-state index is 12.4. The highest BCUT2D eigenvalue weighted by atomic mass is 35.5. The highest BCUT2D eigenvalue weighted by Crippen LogP contribution is 2.39. The Morgan fingerprint density at radius 3 is 2.37 bits per heavy atom. The largest absolute Gasteiger partial charge is 0.469 e. The van der Waals surface area contributed by atoms with E-state index in [2.05, 4.69) is 25.3 Å². The quantitative estimate of drug-likeness (QED) is 0.705. The van der Waals surface area contributed by atoms with Crippen LogP contribution in [-0.4, -0.2) is 23.6 Å². The zero-order valence-electron chi connectivity index (χ0n) is 16.5. The topological polar surface area (TPSA) is 74.3 Å². The lowest BCUT2D eigenvalue weighted by atomic mass is 9.97. The normalized spacial score (nSPS) is 12.3. The van der Waals surface area contributed by atoms with Crippen LogP contribution < -0.4 is 5.73 Å². The summed E-state index contributed by atoms with van der Waals surface area (Å²) in [6.07, 6.45) is 0.638. The highest BCUT2D eigenvalue weighted by Gasteiger charge is 2.28. The van der Waals surface area contributed by atoms with Crippen molar-refractivity contribution in [3.05, 3.63) is 46.2 Å². The summed E-state index contributed by atoms with van der Waals surface area (Å²) in [7, 11) is 1.37. The first-order valence-electron chi connectivity index (χ1n) is 9.05. The number of benzene rings is 1. The summed E-state index contributed by atoms with van der Waals surface area (Å²) < 4.78 is 6.93. The van der Waals surface area contributed by atoms with Crippen LogP contribution in [0.4, 0.5) is 0 Å². The molecule has 2 aromatic rings. The first-order valence-corrected chi connectivity index (χ1v) is 9.43. The summed E-state index contributed by atoms with van der Waals surface area (Å²) in [5.41, 5.74) is 9.33. The summed E-state index contributed by atoms with van der Waals surface area (Å²) in [5, 5.41) is 0.536. The third kappa shape index (κ3) is 4.19. The van der Waals surface area contributed by atoms with Crippen LogP contribution in [0.5, 0.6) is 0 Å². The number of ether oxygens (including phenoxy) is 1. The number of carbonyl (C=O) groups is 2. The zero-order chi connectivity index (χ0) is 20.3. The summed E-state index contributed by atoms with van der Waals surface area (Å²) in [6.45, 7) is 8.22. The molecule has 6 heteroatoms. The maximum Gasteiger partial charge on any atom is 0.305 e. The Bertz CT molecular complexity index is 855. The Balaban J connectivity index is 2.81. The number of nitrogens with zero attached hydrogens (tertiary/aromatic N) is 1. The minimum absolute atomic E-state index is 0.118. The number of hydrogen-bond donors (Lipinski definition) is 1. The fraction of sp³-hybridized carbons (Fsp3) is 0.429. The minimum atomic E-state index is -0.503. The average Bonchev–Trinajstić information content (AvgIpc) is 2.91. The van der Waals surface area contributed by atoms with Crippen LogP contribution in [0.1, 0.15) is 55.0 Å². The average molecular weight is 391 g/mol. The molecule has 5 nitrogen and oxygen atoms in total. The number of carbonyl (C=O) groups excluding carboxylic acids is 2. The molecule has 1 aromatic heterocycles. The van der Waals surface area contributed by atoms with Crippen molar-refractivity contribution in [3.63, 3.8) is 0 Å². The van der Waals surface area contributed by atoms with E-state index in [4.69, 9.17) is 22.1 Å². The van der Waals surface area contributed by atoms with Gasteiger partial charge in [-0.25, -0.2) is 0 Å². The lowest BCUT2D eigenvalue weighted by Crippen LogP contribution is -2.18. The lowest BCUT2D eigenvalue weighted by molar-refractivity contribution is -0.140. The van der Waals surface area contributed by atoms with Crippen LogP contribution in [0.15, 0.2) is 24.3 Å². The molecule has 1 aromatic carbocycles.